The molecule has 13 rings (SSSR count). The second-order valence-corrected chi connectivity index (χ2v) is 18.6. The molecule has 0 amide bonds. The van der Waals surface area contributed by atoms with Gasteiger partial charge in [0.1, 0.15) is 11.2 Å². The van der Waals surface area contributed by atoms with Crippen molar-refractivity contribution < 1.29 is 4.42 Å². The summed E-state index contributed by atoms with van der Waals surface area (Å²) < 4.78 is 8.97. The van der Waals surface area contributed by atoms with Crippen LogP contribution in [0.1, 0.15) is 25.0 Å². The van der Waals surface area contributed by atoms with Crippen LogP contribution in [0.25, 0.3) is 121 Å². The van der Waals surface area contributed by atoms with Gasteiger partial charge in [0.15, 0.2) is 17.5 Å². The molecule has 0 spiro atoms. The van der Waals surface area contributed by atoms with E-state index in [1.807, 2.05) is 18.2 Å². The summed E-state index contributed by atoms with van der Waals surface area (Å²) in [6.45, 7) is 4.70. The smallest absolute Gasteiger partial charge is 0.165 e. The summed E-state index contributed by atoms with van der Waals surface area (Å²) in [6.07, 6.45) is 0. The maximum absolute atomic E-state index is 6.58. The van der Waals surface area contributed by atoms with E-state index in [9.17, 15) is 0 Å². The second-order valence-electron chi connectivity index (χ2n) is 17.5. The lowest BCUT2D eigenvalue weighted by Crippen LogP contribution is -2.16. The molecule has 0 unspecified atom stereocenters. The van der Waals surface area contributed by atoms with E-state index in [1.165, 1.54) is 48.9 Å². The average molecular weight is 850 g/mol. The predicted molar refractivity (Wildman–Crippen MR) is 270 cm³/mol. The van der Waals surface area contributed by atoms with Crippen molar-refractivity contribution in [3.63, 3.8) is 0 Å². The van der Waals surface area contributed by atoms with Crippen LogP contribution in [0.3, 0.4) is 0 Å². The molecule has 0 atom stereocenters. The Morgan fingerprint density at radius 2 is 0.954 bits per heavy atom. The van der Waals surface area contributed by atoms with E-state index in [1.54, 1.807) is 11.3 Å². The molecule has 306 valence electrons. The molecule has 5 heteroatoms. The molecule has 0 N–H and O–H groups in total. The zero-order chi connectivity index (χ0) is 43.2. The van der Waals surface area contributed by atoms with Gasteiger partial charge in [-0.15, -0.1) is 11.3 Å². The molecule has 3 heterocycles. The molecular formula is C60H39N3OS. The summed E-state index contributed by atoms with van der Waals surface area (Å²) in [5.74, 6) is 1.85. The topological polar surface area (TPSA) is 51.8 Å². The summed E-state index contributed by atoms with van der Waals surface area (Å²) in [5, 5.41) is 4.42. The number of benzene rings is 9. The molecule has 0 saturated carbocycles. The Bertz CT molecular complexity index is 3840. The summed E-state index contributed by atoms with van der Waals surface area (Å²) in [4.78, 5) is 15.8. The van der Waals surface area contributed by atoms with Gasteiger partial charge in [-0.05, 0) is 86.0 Å². The molecule has 1 aliphatic rings. The van der Waals surface area contributed by atoms with Crippen molar-refractivity contribution in [1.29, 1.82) is 0 Å². The highest BCUT2D eigenvalue weighted by atomic mass is 32.1. The summed E-state index contributed by atoms with van der Waals surface area (Å²) in [6, 6.07) is 71.2. The molecule has 0 bridgehead atoms. The molecule has 4 nitrogen and oxygen atoms in total. The highest BCUT2D eigenvalue weighted by Crippen LogP contribution is 2.52. The molecular weight excluding hydrogens is 811 g/mol. The number of fused-ring (bicyclic) bond motifs is 9. The molecule has 0 radical (unpaired) electrons. The van der Waals surface area contributed by atoms with E-state index in [2.05, 4.69) is 196 Å². The van der Waals surface area contributed by atoms with Gasteiger partial charge < -0.3 is 4.42 Å². The lowest BCUT2D eigenvalue weighted by atomic mass is 9.79. The second kappa shape index (κ2) is 14.5. The number of aromatic nitrogens is 3. The van der Waals surface area contributed by atoms with E-state index in [0.29, 0.717) is 17.5 Å². The SMILES string of the molecule is CC1(C)c2ccccc2-c2cccc(-c3ccc(-c4ccc5oc6cccc(-c7nc(-c8ccc(-c9ccccc9)cc8)nc(-c8cccc9c8sc8ccccc89)n7)c6c5c4)cc3)c21. The lowest BCUT2D eigenvalue weighted by molar-refractivity contribution is 0.662. The van der Waals surface area contributed by atoms with Crippen molar-refractivity contribution >= 4 is 53.4 Å². The zero-order valence-corrected chi connectivity index (χ0v) is 36.5. The van der Waals surface area contributed by atoms with Crippen molar-refractivity contribution in [3.05, 3.63) is 211 Å². The van der Waals surface area contributed by atoms with Crippen LogP contribution in [-0.4, -0.2) is 15.0 Å². The molecule has 65 heavy (non-hydrogen) atoms. The van der Waals surface area contributed by atoms with Crippen LogP contribution < -0.4 is 0 Å². The normalized spacial score (nSPS) is 12.9. The standard InChI is InChI=1S/C60H39N3OS/c1-60(2)50-22-8-6-15-43(50)45-18-10-17-42(55(45)60)39-29-25-38(26-30-39)41-33-34-51-49(35-41)54-47(20-12-23-52(54)64-51)58-61-57(40-31-27-37(28-32-40)36-13-4-3-5-14-36)62-59(63-58)48-21-11-19-46-44-16-7-9-24-53(44)65-56(46)48/h3-35H,1-2H3. The van der Waals surface area contributed by atoms with Gasteiger partial charge in [-0.25, -0.2) is 15.0 Å². The van der Waals surface area contributed by atoms with Crippen LogP contribution in [0.2, 0.25) is 0 Å². The van der Waals surface area contributed by atoms with Gasteiger partial charge in [0.05, 0.1) is 0 Å². The molecule has 12 aromatic rings. The van der Waals surface area contributed by atoms with Crippen LogP contribution in [0, 0.1) is 0 Å². The quantitative estimate of drug-likeness (QED) is 0.167. The van der Waals surface area contributed by atoms with Crippen molar-refractivity contribution in [2.45, 2.75) is 19.3 Å². The third-order valence-electron chi connectivity index (χ3n) is 13.4. The Kier molecular flexibility index (Phi) is 8.39. The minimum atomic E-state index is -0.0920. The molecule has 0 saturated heterocycles. The number of thiophene rings is 1. The fraction of sp³-hybridized carbons (Fsp3) is 0.0500. The fourth-order valence-electron chi connectivity index (χ4n) is 10.2. The van der Waals surface area contributed by atoms with Gasteiger partial charge in [-0.3, -0.25) is 0 Å². The van der Waals surface area contributed by atoms with Gasteiger partial charge in [-0.2, -0.15) is 0 Å². The van der Waals surface area contributed by atoms with Crippen molar-refractivity contribution in [1.82, 2.24) is 15.0 Å². The first kappa shape index (κ1) is 37.6. The third kappa shape index (κ3) is 6.00. The molecule has 3 aromatic heterocycles. The number of hydrogen-bond acceptors (Lipinski definition) is 5. The first-order valence-corrected chi connectivity index (χ1v) is 22.9. The van der Waals surface area contributed by atoms with Crippen molar-refractivity contribution in [3.8, 4) is 78.7 Å². The maximum atomic E-state index is 6.58. The molecule has 1 aliphatic carbocycles. The number of hydrogen-bond donors (Lipinski definition) is 0. The monoisotopic (exact) mass is 849 g/mol. The highest BCUT2D eigenvalue weighted by molar-refractivity contribution is 7.26. The van der Waals surface area contributed by atoms with Gasteiger partial charge in [0, 0.05) is 53.1 Å². The Labute approximate surface area is 380 Å². The van der Waals surface area contributed by atoms with Gasteiger partial charge >= 0.3 is 0 Å². The average Bonchev–Trinajstić information content (AvgIpc) is 4.01. The van der Waals surface area contributed by atoms with E-state index in [4.69, 9.17) is 19.4 Å². The summed E-state index contributed by atoms with van der Waals surface area (Å²) >= 11 is 1.78. The Balaban J connectivity index is 0.940. The predicted octanol–water partition coefficient (Wildman–Crippen LogP) is 16.4. The van der Waals surface area contributed by atoms with Crippen molar-refractivity contribution in [2.24, 2.45) is 0 Å². The third-order valence-corrected chi connectivity index (χ3v) is 14.6. The fourth-order valence-corrected chi connectivity index (χ4v) is 11.4. The lowest BCUT2D eigenvalue weighted by Gasteiger charge is -2.24. The van der Waals surface area contributed by atoms with E-state index in [0.717, 1.165) is 65.6 Å². The molecule has 0 aliphatic heterocycles. The Morgan fingerprint density at radius 1 is 0.385 bits per heavy atom. The number of furan rings is 1. The summed E-state index contributed by atoms with van der Waals surface area (Å²) in [5.41, 5.74) is 16.8. The molecule has 0 fully saturated rings. The minimum Gasteiger partial charge on any atom is -0.456 e. The largest absolute Gasteiger partial charge is 0.456 e. The first-order chi connectivity index (χ1) is 32.0. The maximum Gasteiger partial charge on any atom is 0.165 e. The van der Waals surface area contributed by atoms with Crippen LogP contribution in [0.4, 0.5) is 0 Å². The van der Waals surface area contributed by atoms with Crippen LogP contribution in [0.15, 0.2) is 205 Å². The van der Waals surface area contributed by atoms with E-state index in [-0.39, 0.29) is 5.41 Å². The first-order valence-electron chi connectivity index (χ1n) is 22.1. The Hall–Kier alpha value is -7.99. The van der Waals surface area contributed by atoms with E-state index < -0.39 is 0 Å². The Morgan fingerprint density at radius 3 is 1.80 bits per heavy atom. The number of nitrogens with zero attached hydrogens (tertiary/aromatic N) is 3. The van der Waals surface area contributed by atoms with Crippen LogP contribution in [0.5, 0.6) is 0 Å². The summed E-state index contributed by atoms with van der Waals surface area (Å²) in [7, 11) is 0. The van der Waals surface area contributed by atoms with Crippen LogP contribution in [-0.2, 0) is 5.41 Å². The molecule has 9 aromatic carbocycles. The van der Waals surface area contributed by atoms with Crippen LogP contribution >= 0.6 is 11.3 Å². The van der Waals surface area contributed by atoms with Crippen molar-refractivity contribution in [2.75, 3.05) is 0 Å². The van der Waals surface area contributed by atoms with E-state index >= 15 is 0 Å². The van der Waals surface area contributed by atoms with Gasteiger partial charge in [0.25, 0.3) is 0 Å². The van der Waals surface area contributed by atoms with Gasteiger partial charge in [0.2, 0.25) is 0 Å². The minimum absolute atomic E-state index is 0.0920. The van der Waals surface area contributed by atoms with Gasteiger partial charge in [-0.1, -0.05) is 184 Å². The number of rotatable bonds is 6. The zero-order valence-electron chi connectivity index (χ0n) is 35.7. The highest BCUT2D eigenvalue weighted by Gasteiger charge is 2.37.